The maximum absolute atomic E-state index is 9.07. The number of methoxy groups -OCH3 is 1. The van der Waals surface area contributed by atoms with Crippen LogP contribution in [0, 0.1) is 5.41 Å². The number of nitrogens with one attached hydrogen (secondary N) is 3. The van der Waals surface area contributed by atoms with E-state index in [1.807, 2.05) is 66.7 Å². The summed E-state index contributed by atoms with van der Waals surface area (Å²) in [4.78, 5) is 5.94. The minimum Gasteiger partial charge on any atom is -0.497 e. The first kappa shape index (κ1) is 24.0. The maximum atomic E-state index is 9.07. The van der Waals surface area contributed by atoms with Gasteiger partial charge in [0, 0.05) is 22.7 Å². The van der Waals surface area contributed by atoms with Crippen LogP contribution in [0.5, 0.6) is 5.75 Å². The van der Waals surface area contributed by atoms with Gasteiger partial charge in [0.25, 0.3) is 0 Å². The van der Waals surface area contributed by atoms with Crippen molar-refractivity contribution in [3.63, 3.8) is 0 Å². The van der Waals surface area contributed by atoms with E-state index in [1.165, 1.54) is 0 Å². The van der Waals surface area contributed by atoms with Crippen LogP contribution in [0.25, 0.3) is 10.2 Å². The van der Waals surface area contributed by atoms with Gasteiger partial charge in [-0.1, -0.05) is 24.3 Å². The zero-order chi connectivity index (χ0) is 23.9. The topological polar surface area (TPSA) is 116 Å². The van der Waals surface area contributed by atoms with Gasteiger partial charge in [0.05, 0.1) is 30.0 Å². The Balaban J connectivity index is 1.60. The minimum atomic E-state index is -0.0651. The number of aliphatic hydroxyl groups excluding tert-OH is 1. The molecule has 0 bridgehead atoms. The second kappa shape index (κ2) is 11.3. The van der Waals surface area contributed by atoms with Crippen molar-refractivity contribution in [3.8, 4) is 5.75 Å². The van der Waals surface area contributed by atoms with Crippen LogP contribution in [-0.4, -0.2) is 36.2 Å². The molecule has 0 aliphatic rings. The van der Waals surface area contributed by atoms with E-state index in [9.17, 15) is 0 Å². The summed E-state index contributed by atoms with van der Waals surface area (Å²) in [7, 11) is 1.66. The number of aromatic nitrogens is 1. The summed E-state index contributed by atoms with van der Waals surface area (Å²) in [5.74, 6) is 0.864. The van der Waals surface area contributed by atoms with Crippen LogP contribution in [0.1, 0.15) is 22.2 Å². The zero-order valence-electron chi connectivity index (χ0n) is 18.7. The highest BCUT2D eigenvalue weighted by molar-refractivity contribution is 7.97. The summed E-state index contributed by atoms with van der Waals surface area (Å²) < 4.78 is 10.0. The second-order valence-corrected chi connectivity index (χ2v) is 9.63. The van der Waals surface area contributed by atoms with Crippen LogP contribution in [-0.2, 0) is 6.42 Å². The van der Waals surface area contributed by atoms with Gasteiger partial charge < -0.3 is 20.9 Å². The zero-order valence-corrected chi connectivity index (χ0v) is 20.4. The summed E-state index contributed by atoms with van der Waals surface area (Å²) in [5, 5.41) is 21.0. The first-order chi connectivity index (χ1) is 16.6. The molecule has 1 atom stereocenters. The Bertz CT molecular complexity index is 1280. The van der Waals surface area contributed by atoms with E-state index < -0.39 is 0 Å². The molecular weight excluding hydrogens is 466 g/mol. The lowest BCUT2D eigenvalue weighted by Crippen LogP contribution is -2.17. The lowest BCUT2D eigenvalue weighted by Gasteiger charge is -2.17. The third-order valence-corrected chi connectivity index (χ3v) is 7.21. The Morgan fingerprint density at radius 2 is 2.03 bits per heavy atom. The van der Waals surface area contributed by atoms with Gasteiger partial charge in [-0.2, -0.15) is 0 Å². The molecule has 1 unspecified atom stereocenters. The van der Waals surface area contributed by atoms with Gasteiger partial charge in [0.1, 0.15) is 16.6 Å². The molecule has 4 rings (SSSR count). The molecule has 0 radical (unpaired) electrons. The Hall–Kier alpha value is -3.11. The molecule has 1 aromatic heterocycles. The molecule has 4 aromatic rings. The first-order valence-electron chi connectivity index (χ1n) is 10.8. The van der Waals surface area contributed by atoms with E-state index in [1.54, 1.807) is 30.4 Å². The van der Waals surface area contributed by atoms with Crippen molar-refractivity contribution in [1.29, 1.82) is 5.41 Å². The third-order valence-electron chi connectivity index (χ3n) is 5.18. The summed E-state index contributed by atoms with van der Waals surface area (Å²) >= 11 is 3.18. The number of rotatable bonds is 11. The summed E-state index contributed by atoms with van der Waals surface area (Å²) in [5.41, 5.74) is 9.38. The Morgan fingerprint density at radius 1 is 1.18 bits per heavy atom. The molecule has 34 heavy (non-hydrogen) atoms. The smallest absolute Gasteiger partial charge is 0.122 e. The number of nitrogens with zero attached hydrogens (tertiary/aromatic N) is 1. The maximum Gasteiger partial charge on any atom is 0.122 e. The van der Waals surface area contributed by atoms with Crippen LogP contribution >= 0.6 is 23.3 Å². The quantitative estimate of drug-likeness (QED) is 0.118. The van der Waals surface area contributed by atoms with Crippen LogP contribution in [0.4, 0.5) is 5.69 Å². The number of nitrogens with two attached hydrogens (primary N) is 1. The number of amidine groups is 1. The van der Waals surface area contributed by atoms with Gasteiger partial charge in [0.2, 0.25) is 0 Å². The largest absolute Gasteiger partial charge is 0.497 e. The van der Waals surface area contributed by atoms with Crippen LogP contribution < -0.4 is 20.5 Å². The number of ether oxygens (including phenoxy) is 1. The number of benzene rings is 3. The van der Waals surface area contributed by atoms with Crippen molar-refractivity contribution in [2.24, 2.45) is 5.73 Å². The fourth-order valence-corrected chi connectivity index (χ4v) is 5.42. The van der Waals surface area contributed by atoms with Crippen molar-refractivity contribution in [2.45, 2.75) is 17.4 Å². The normalized spacial score (nSPS) is 11.9. The van der Waals surface area contributed by atoms with E-state index in [4.69, 9.17) is 26.0 Å². The molecule has 0 saturated carbocycles. The molecule has 0 saturated heterocycles. The number of hydrogen-bond acceptors (Lipinski definition) is 8. The van der Waals surface area contributed by atoms with Gasteiger partial charge in [-0.05, 0) is 66.4 Å². The molecule has 0 amide bonds. The number of hydrogen-bond donors (Lipinski definition) is 5. The van der Waals surface area contributed by atoms with Crippen molar-refractivity contribution in [1.82, 2.24) is 9.71 Å². The molecule has 1 heterocycles. The fourth-order valence-electron chi connectivity index (χ4n) is 3.49. The van der Waals surface area contributed by atoms with Gasteiger partial charge in [-0.25, -0.2) is 9.71 Å². The predicted molar refractivity (Wildman–Crippen MR) is 141 cm³/mol. The van der Waals surface area contributed by atoms with E-state index >= 15 is 0 Å². The number of anilines is 1. The van der Waals surface area contributed by atoms with Crippen molar-refractivity contribution < 1.29 is 9.84 Å². The molecule has 0 aliphatic heterocycles. The Morgan fingerprint density at radius 3 is 2.82 bits per heavy atom. The number of thiazole rings is 1. The van der Waals surface area contributed by atoms with E-state index in [-0.39, 0.29) is 18.5 Å². The number of nitrogen functional groups attached to an aromatic ring is 1. The lowest BCUT2D eigenvalue weighted by molar-refractivity contribution is 0.311. The van der Waals surface area contributed by atoms with E-state index in [2.05, 4.69) is 10.0 Å². The Kier molecular flexibility index (Phi) is 8.02. The average molecular weight is 494 g/mol. The summed E-state index contributed by atoms with van der Waals surface area (Å²) in [6, 6.07) is 21.7. The molecular formula is C25H27N5O2S2. The van der Waals surface area contributed by atoms with Crippen LogP contribution in [0.3, 0.4) is 0 Å². The molecule has 3 aromatic carbocycles. The summed E-state index contributed by atoms with van der Waals surface area (Å²) in [6.45, 7) is 0.589. The van der Waals surface area contributed by atoms with Crippen molar-refractivity contribution in [3.05, 3.63) is 82.9 Å². The first-order valence-corrected chi connectivity index (χ1v) is 12.4. The van der Waals surface area contributed by atoms with Crippen molar-refractivity contribution in [2.75, 3.05) is 25.6 Å². The SMILES string of the molecule is COc1ccc2nc(C(Cc3cccc(C(=N)N)c3)NSc3cccc(NCCO)c3)sc2c1. The lowest BCUT2D eigenvalue weighted by atomic mass is 10.0. The number of aliphatic hydroxyl groups is 1. The van der Waals surface area contributed by atoms with Crippen LogP contribution in [0.15, 0.2) is 71.6 Å². The molecule has 6 N–H and O–H groups in total. The predicted octanol–water partition coefficient (Wildman–Crippen LogP) is 4.57. The van der Waals surface area contributed by atoms with Crippen LogP contribution in [0.2, 0.25) is 0 Å². The molecule has 0 fully saturated rings. The van der Waals surface area contributed by atoms with E-state index in [0.29, 0.717) is 18.5 Å². The standard InChI is InChI=1S/C25H27N5O2S2/c1-32-19-8-9-21-23(15-19)33-25(29-21)22(13-16-4-2-5-17(12-16)24(26)27)30-34-20-7-3-6-18(14-20)28-10-11-31/h2-9,12,14-15,22,28,30-31H,10-11,13H2,1H3,(H3,26,27). The minimum absolute atomic E-state index is 0.0556. The van der Waals surface area contributed by atoms with Crippen molar-refractivity contribution >= 4 is 45.0 Å². The highest BCUT2D eigenvalue weighted by Crippen LogP contribution is 2.33. The molecule has 9 heteroatoms. The molecule has 7 nitrogen and oxygen atoms in total. The monoisotopic (exact) mass is 493 g/mol. The van der Waals surface area contributed by atoms with Gasteiger partial charge in [-0.15, -0.1) is 11.3 Å². The van der Waals surface area contributed by atoms with Gasteiger partial charge in [-0.3, -0.25) is 5.41 Å². The second-order valence-electron chi connectivity index (χ2n) is 7.65. The fraction of sp³-hybridized carbons (Fsp3) is 0.200. The molecule has 176 valence electrons. The highest BCUT2D eigenvalue weighted by Gasteiger charge is 2.18. The molecule has 0 aliphatic carbocycles. The third kappa shape index (κ3) is 6.06. The van der Waals surface area contributed by atoms with Gasteiger partial charge in [0.15, 0.2) is 0 Å². The number of fused-ring (bicyclic) bond motifs is 1. The summed E-state index contributed by atoms with van der Waals surface area (Å²) in [6.07, 6.45) is 0.688. The Labute approximate surface area is 207 Å². The average Bonchev–Trinajstić information content (AvgIpc) is 3.29. The molecule has 0 spiro atoms. The van der Waals surface area contributed by atoms with E-state index in [0.717, 1.165) is 37.1 Å². The highest BCUT2D eigenvalue weighted by atomic mass is 32.2. The van der Waals surface area contributed by atoms with Gasteiger partial charge >= 0.3 is 0 Å².